The Kier molecular flexibility index (Phi) is 5.66. The van der Waals surface area contributed by atoms with Gasteiger partial charge in [-0.25, -0.2) is 0 Å². The van der Waals surface area contributed by atoms with Crippen LogP contribution in [0.2, 0.25) is 0 Å². The van der Waals surface area contributed by atoms with Crippen LogP contribution in [-0.4, -0.2) is 21.9 Å². The van der Waals surface area contributed by atoms with Gasteiger partial charge in [-0.3, -0.25) is 10.1 Å². The molecule has 124 valence electrons. The fourth-order valence-corrected chi connectivity index (χ4v) is 3.52. The molecule has 0 saturated heterocycles. The van der Waals surface area contributed by atoms with Gasteiger partial charge in [0.1, 0.15) is 0 Å². The normalized spacial score (nSPS) is 10.7. The van der Waals surface area contributed by atoms with Crippen molar-refractivity contribution in [2.24, 2.45) is 0 Å². The average Bonchev–Trinajstić information content (AvgIpc) is 3.22. The van der Waals surface area contributed by atoms with Crippen LogP contribution in [0.5, 0.6) is 0 Å². The number of anilines is 1. The van der Waals surface area contributed by atoms with E-state index in [2.05, 4.69) is 46.7 Å². The van der Waals surface area contributed by atoms with Crippen LogP contribution in [0.1, 0.15) is 23.3 Å². The van der Waals surface area contributed by atoms with Gasteiger partial charge in [-0.1, -0.05) is 30.2 Å². The number of hydrogen-bond acceptors (Lipinski definition) is 6. The molecular formula is C17H17N3O2S2. The van der Waals surface area contributed by atoms with Crippen LogP contribution in [0.3, 0.4) is 0 Å². The molecule has 2 heterocycles. The van der Waals surface area contributed by atoms with Crippen molar-refractivity contribution in [2.75, 3.05) is 11.1 Å². The number of aromatic nitrogens is 2. The number of benzene rings is 1. The van der Waals surface area contributed by atoms with E-state index >= 15 is 0 Å². The highest BCUT2D eigenvalue weighted by molar-refractivity contribution is 7.99. The van der Waals surface area contributed by atoms with Gasteiger partial charge in [-0.2, -0.15) is 0 Å². The van der Waals surface area contributed by atoms with Gasteiger partial charge in [-0.15, -0.1) is 28.2 Å². The van der Waals surface area contributed by atoms with Gasteiger partial charge in [0, 0.05) is 9.77 Å². The Labute approximate surface area is 148 Å². The quantitative estimate of drug-likeness (QED) is 0.646. The number of rotatable bonds is 7. The molecule has 5 nitrogen and oxygen atoms in total. The Bertz CT molecular complexity index is 783. The topological polar surface area (TPSA) is 68.0 Å². The molecule has 0 saturated carbocycles. The van der Waals surface area contributed by atoms with Gasteiger partial charge in [0.2, 0.25) is 11.8 Å². The highest BCUT2D eigenvalue weighted by atomic mass is 32.2. The van der Waals surface area contributed by atoms with Crippen LogP contribution >= 0.6 is 23.1 Å². The molecule has 0 aliphatic rings. The Morgan fingerprint density at radius 2 is 2.08 bits per heavy atom. The fourth-order valence-electron chi connectivity index (χ4n) is 2.16. The summed E-state index contributed by atoms with van der Waals surface area (Å²) in [7, 11) is 0. The van der Waals surface area contributed by atoms with Crippen molar-refractivity contribution in [1.29, 1.82) is 0 Å². The summed E-state index contributed by atoms with van der Waals surface area (Å²) in [5, 5.41) is 12.4. The van der Waals surface area contributed by atoms with Gasteiger partial charge in [0.05, 0.1) is 12.8 Å². The molecule has 0 radical (unpaired) electrons. The molecule has 0 unspecified atom stereocenters. The summed E-state index contributed by atoms with van der Waals surface area (Å²) in [4.78, 5) is 14.2. The lowest BCUT2D eigenvalue weighted by Gasteiger charge is -2.01. The number of carbonyl (C=O) groups excluding carboxylic acids is 1. The maximum Gasteiger partial charge on any atom is 0.322 e. The molecule has 7 heteroatoms. The molecule has 0 bridgehead atoms. The molecule has 1 N–H and O–H groups in total. The highest BCUT2D eigenvalue weighted by Gasteiger charge is 2.11. The van der Waals surface area contributed by atoms with Crippen LogP contribution in [0.15, 0.2) is 51.1 Å². The Morgan fingerprint density at radius 3 is 2.79 bits per heavy atom. The number of thiophene rings is 1. The maximum absolute atomic E-state index is 11.9. The summed E-state index contributed by atoms with van der Waals surface area (Å²) >= 11 is 3.35. The summed E-state index contributed by atoms with van der Waals surface area (Å²) in [6, 6.07) is 12.3. The minimum Gasteiger partial charge on any atom is -0.407 e. The van der Waals surface area contributed by atoms with Crippen molar-refractivity contribution in [3.63, 3.8) is 0 Å². The summed E-state index contributed by atoms with van der Waals surface area (Å²) in [6.45, 7) is 2.13. The van der Waals surface area contributed by atoms with E-state index in [9.17, 15) is 4.79 Å². The lowest BCUT2D eigenvalue weighted by atomic mass is 10.1. The van der Waals surface area contributed by atoms with E-state index in [1.807, 2.05) is 17.5 Å². The van der Waals surface area contributed by atoms with Crippen molar-refractivity contribution in [1.82, 2.24) is 10.2 Å². The third kappa shape index (κ3) is 4.69. The summed E-state index contributed by atoms with van der Waals surface area (Å²) in [5.74, 6) is 1.38. The first-order valence-electron chi connectivity index (χ1n) is 7.59. The summed E-state index contributed by atoms with van der Waals surface area (Å²) in [6.07, 6.45) is 0.858. The minimum atomic E-state index is -0.159. The van der Waals surface area contributed by atoms with Crippen LogP contribution in [0.4, 0.5) is 6.01 Å². The van der Waals surface area contributed by atoms with Gasteiger partial charge >= 0.3 is 6.01 Å². The number of nitrogens with zero attached hydrogens (tertiary/aromatic N) is 2. The molecule has 0 spiro atoms. The van der Waals surface area contributed by atoms with Crippen LogP contribution in [-0.2, 0) is 17.6 Å². The first kappa shape index (κ1) is 16.7. The monoisotopic (exact) mass is 359 g/mol. The zero-order valence-electron chi connectivity index (χ0n) is 13.2. The lowest BCUT2D eigenvalue weighted by Crippen LogP contribution is -2.13. The average molecular weight is 359 g/mol. The van der Waals surface area contributed by atoms with Crippen molar-refractivity contribution >= 4 is 35.0 Å². The highest BCUT2D eigenvalue weighted by Crippen LogP contribution is 2.19. The van der Waals surface area contributed by atoms with Crippen molar-refractivity contribution in [3.05, 3.63) is 58.1 Å². The molecule has 3 aromatic rings. The molecule has 1 aromatic carbocycles. The lowest BCUT2D eigenvalue weighted by molar-refractivity contribution is -0.115. The number of thioether (sulfide) groups is 1. The van der Waals surface area contributed by atoms with Crippen LogP contribution in [0.25, 0.3) is 0 Å². The van der Waals surface area contributed by atoms with E-state index in [4.69, 9.17) is 4.42 Å². The van der Waals surface area contributed by atoms with Crippen molar-refractivity contribution in [2.45, 2.75) is 24.7 Å². The van der Waals surface area contributed by atoms with Gasteiger partial charge in [0.15, 0.2) is 0 Å². The van der Waals surface area contributed by atoms with Gasteiger partial charge < -0.3 is 4.42 Å². The third-order valence-corrected chi connectivity index (χ3v) is 4.99. The van der Waals surface area contributed by atoms with E-state index in [0.29, 0.717) is 18.7 Å². The van der Waals surface area contributed by atoms with Crippen molar-refractivity contribution < 1.29 is 9.21 Å². The van der Waals surface area contributed by atoms with E-state index in [1.54, 1.807) is 23.1 Å². The van der Waals surface area contributed by atoms with Crippen LogP contribution < -0.4 is 5.32 Å². The SMILES string of the molecule is CCSc1ccc(Cc2nnc(NC(=O)Cc3cccs3)o2)cc1. The van der Waals surface area contributed by atoms with Crippen molar-refractivity contribution in [3.8, 4) is 0 Å². The van der Waals surface area contributed by atoms with Gasteiger partial charge in [-0.05, 0) is 34.9 Å². The molecule has 2 aromatic heterocycles. The first-order valence-corrected chi connectivity index (χ1v) is 9.46. The standard InChI is InChI=1S/C17H17N3O2S2/c1-2-23-13-7-5-12(6-8-13)10-16-19-20-17(22-16)18-15(21)11-14-4-3-9-24-14/h3-9H,2,10-11H2,1H3,(H,18,20,21). The van der Waals surface area contributed by atoms with E-state index in [0.717, 1.165) is 16.2 Å². The summed E-state index contributed by atoms with van der Waals surface area (Å²) in [5.41, 5.74) is 1.09. The molecule has 0 atom stereocenters. The molecule has 24 heavy (non-hydrogen) atoms. The Balaban J connectivity index is 1.56. The molecule has 1 amide bonds. The largest absolute Gasteiger partial charge is 0.407 e. The number of hydrogen-bond donors (Lipinski definition) is 1. The molecule has 0 aliphatic carbocycles. The summed E-state index contributed by atoms with van der Waals surface area (Å²) < 4.78 is 5.50. The van der Waals surface area contributed by atoms with Gasteiger partial charge in [0.25, 0.3) is 0 Å². The second-order valence-electron chi connectivity index (χ2n) is 5.06. The fraction of sp³-hybridized carbons (Fsp3) is 0.235. The molecule has 0 fully saturated rings. The minimum absolute atomic E-state index is 0.143. The first-order chi connectivity index (χ1) is 11.7. The molecule has 0 aliphatic heterocycles. The smallest absolute Gasteiger partial charge is 0.322 e. The maximum atomic E-state index is 11.9. The Hall–Kier alpha value is -2.12. The van der Waals surface area contributed by atoms with Crippen LogP contribution in [0, 0.1) is 0 Å². The van der Waals surface area contributed by atoms with E-state index < -0.39 is 0 Å². The second kappa shape index (κ2) is 8.12. The zero-order valence-corrected chi connectivity index (χ0v) is 14.8. The van der Waals surface area contributed by atoms with E-state index in [-0.39, 0.29) is 11.9 Å². The number of nitrogens with one attached hydrogen (secondary N) is 1. The Morgan fingerprint density at radius 1 is 1.25 bits per heavy atom. The van der Waals surface area contributed by atoms with E-state index in [1.165, 1.54) is 4.90 Å². The number of carbonyl (C=O) groups is 1. The second-order valence-corrected chi connectivity index (χ2v) is 7.43. The number of amides is 1. The predicted molar refractivity (Wildman–Crippen MR) is 96.6 cm³/mol. The molecular weight excluding hydrogens is 342 g/mol. The molecule has 3 rings (SSSR count). The zero-order chi connectivity index (χ0) is 16.8. The predicted octanol–water partition coefficient (Wildman–Crippen LogP) is 4.02. The third-order valence-electron chi connectivity index (χ3n) is 3.22.